The summed E-state index contributed by atoms with van der Waals surface area (Å²) in [6.45, 7) is 8.32. The molecule has 1 fully saturated rings. The molecule has 1 heterocycles. The highest BCUT2D eigenvalue weighted by molar-refractivity contribution is 4.78. The van der Waals surface area contributed by atoms with Crippen molar-refractivity contribution in [2.45, 2.75) is 64.4 Å². The number of aliphatic hydroxyl groups is 1. The van der Waals surface area contributed by atoms with E-state index >= 15 is 0 Å². The highest BCUT2D eigenvalue weighted by atomic mass is 16.3. The van der Waals surface area contributed by atoms with E-state index in [0.717, 1.165) is 31.7 Å². The maximum absolute atomic E-state index is 10.2. The van der Waals surface area contributed by atoms with Gasteiger partial charge in [0, 0.05) is 6.54 Å². The predicted octanol–water partition coefficient (Wildman–Crippen LogP) is 2.38. The standard InChI is InChI=1S/C15H32N2O/c1-3-14-7-5-10-17(12-8-14)11-6-9-15(18,4-2)13-16/h14,18H,3-13,16H2,1-2H3. The molecule has 108 valence electrons. The van der Waals surface area contributed by atoms with E-state index in [4.69, 9.17) is 5.73 Å². The Hall–Kier alpha value is -0.120. The lowest BCUT2D eigenvalue weighted by Gasteiger charge is -2.27. The monoisotopic (exact) mass is 256 g/mol. The summed E-state index contributed by atoms with van der Waals surface area (Å²) in [6, 6.07) is 0. The first-order valence-electron chi connectivity index (χ1n) is 7.78. The summed E-state index contributed by atoms with van der Waals surface area (Å²) in [5.74, 6) is 0.937. The Balaban J connectivity index is 2.23. The Bertz CT molecular complexity index is 217. The molecule has 1 rings (SSSR count). The van der Waals surface area contributed by atoms with Gasteiger partial charge in [-0.3, -0.25) is 0 Å². The Morgan fingerprint density at radius 1 is 1.28 bits per heavy atom. The van der Waals surface area contributed by atoms with Gasteiger partial charge in [0.1, 0.15) is 0 Å². The summed E-state index contributed by atoms with van der Waals surface area (Å²) < 4.78 is 0. The van der Waals surface area contributed by atoms with Crippen LogP contribution >= 0.6 is 0 Å². The summed E-state index contributed by atoms with van der Waals surface area (Å²) in [6.07, 6.45) is 8.09. The van der Waals surface area contributed by atoms with Crippen molar-refractivity contribution in [3.63, 3.8) is 0 Å². The molecule has 0 bridgehead atoms. The fraction of sp³-hybridized carbons (Fsp3) is 1.00. The normalized spacial score (nSPS) is 25.7. The van der Waals surface area contributed by atoms with Crippen molar-refractivity contribution in [1.82, 2.24) is 4.90 Å². The van der Waals surface area contributed by atoms with Crippen LogP contribution in [0.2, 0.25) is 0 Å². The zero-order valence-corrected chi connectivity index (χ0v) is 12.3. The molecule has 0 aromatic heterocycles. The average molecular weight is 256 g/mol. The van der Waals surface area contributed by atoms with E-state index in [-0.39, 0.29) is 0 Å². The molecule has 1 saturated heterocycles. The lowest BCUT2D eigenvalue weighted by molar-refractivity contribution is 0.0317. The van der Waals surface area contributed by atoms with Crippen molar-refractivity contribution in [3.8, 4) is 0 Å². The highest BCUT2D eigenvalue weighted by Crippen LogP contribution is 2.21. The largest absolute Gasteiger partial charge is 0.389 e. The first-order chi connectivity index (χ1) is 8.63. The fourth-order valence-corrected chi connectivity index (χ4v) is 2.91. The molecule has 3 N–H and O–H groups in total. The molecule has 1 aliphatic heterocycles. The van der Waals surface area contributed by atoms with Gasteiger partial charge in [-0.2, -0.15) is 0 Å². The van der Waals surface area contributed by atoms with E-state index < -0.39 is 5.60 Å². The smallest absolute Gasteiger partial charge is 0.0767 e. The van der Waals surface area contributed by atoms with Crippen LogP contribution in [-0.2, 0) is 0 Å². The number of hydrogen-bond acceptors (Lipinski definition) is 3. The third-order valence-electron chi connectivity index (χ3n) is 4.67. The zero-order valence-electron chi connectivity index (χ0n) is 12.3. The van der Waals surface area contributed by atoms with Crippen molar-refractivity contribution >= 4 is 0 Å². The topological polar surface area (TPSA) is 49.5 Å². The van der Waals surface area contributed by atoms with Crippen LogP contribution in [-0.4, -0.2) is 41.8 Å². The van der Waals surface area contributed by atoms with Gasteiger partial charge in [0.05, 0.1) is 5.60 Å². The van der Waals surface area contributed by atoms with Crippen LogP contribution < -0.4 is 5.73 Å². The van der Waals surface area contributed by atoms with E-state index in [2.05, 4.69) is 11.8 Å². The molecule has 0 saturated carbocycles. The molecular formula is C15H32N2O. The molecule has 0 spiro atoms. The summed E-state index contributed by atoms with van der Waals surface area (Å²) in [5, 5.41) is 10.2. The van der Waals surface area contributed by atoms with Crippen molar-refractivity contribution in [1.29, 1.82) is 0 Å². The van der Waals surface area contributed by atoms with Crippen LogP contribution in [0.1, 0.15) is 58.8 Å². The van der Waals surface area contributed by atoms with Gasteiger partial charge in [0.25, 0.3) is 0 Å². The number of hydrogen-bond donors (Lipinski definition) is 2. The van der Waals surface area contributed by atoms with E-state index in [0.29, 0.717) is 6.54 Å². The van der Waals surface area contributed by atoms with Crippen LogP contribution in [0, 0.1) is 5.92 Å². The van der Waals surface area contributed by atoms with Crippen molar-refractivity contribution < 1.29 is 5.11 Å². The first kappa shape index (κ1) is 15.9. The molecule has 2 unspecified atom stereocenters. The Morgan fingerprint density at radius 2 is 2.06 bits per heavy atom. The maximum Gasteiger partial charge on any atom is 0.0767 e. The lowest BCUT2D eigenvalue weighted by atomic mass is 9.95. The molecule has 0 aliphatic carbocycles. The van der Waals surface area contributed by atoms with Gasteiger partial charge in [0.2, 0.25) is 0 Å². The molecular weight excluding hydrogens is 224 g/mol. The van der Waals surface area contributed by atoms with E-state index in [9.17, 15) is 5.11 Å². The number of nitrogens with two attached hydrogens (primary N) is 1. The minimum atomic E-state index is -0.627. The SMILES string of the molecule is CCC1CCCN(CCCC(O)(CC)CN)CC1. The van der Waals surface area contributed by atoms with E-state index in [1.165, 1.54) is 38.8 Å². The van der Waals surface area contributed by atoms with Gasteiger partial charge in [-0.25, -0.2) is 0 Å². The molecule has 0 amide bonds. The Morgan fingerprint density at radius 3 is 2.67 bits per heavy atom. The van der Waals surface area contributed by atoms with Crippen LogP contribution in [0.4, 0.5) is 0 Å². The van der Waals surface area contributed by atoms with Crippen LogP contribution in [0.3, 0.4) is 0 Å². The summed E-state index contributed by atoms with van der Waals surface area (Å²) in [5.41, 5.74) is 5.01. The van der Waals surface area contributed by atoms with Gasteiger partial charge in [-0.1, -0.05) is 20.3 Å². The molecule has 18 heavy (non-hydrogen) atoms. The average Bonchev–Trinajstić information content (AvgIpc) is 2.63. The van der Waals surface area contributed by atoms with Crippen LogP contribution in [0.5, 0.6) is 0 Å². The number of likely N-dealkylation sites (tertiary alicyclic amines) is 1. The fourth-order valence-electron chi connectivity index (χ4n) is 2.91. The van der Waals surface area contributed by atoms with E-state index in [1.807, 2.05) is 6.92 Å². The van der Waals surface area contributed by atoms with Gasteiger partial charge >= 0.3 is 0 Å². The number of rotatable bonds is 7. The van der Waals surface area contributed by atoms with Gasteiger partial charge in [-0.05, 0) is 64.1 Å². The van der Waals surface area contributed by atoms with Crippen LogP contribution in [0.15, 0.2) is 0 Å². The van der Waals surface area contributed by atoms with Gasteiger partial charge in [-0.15, -0.1) is 0 Å². The molecule has 0 aromatic carbocycles. The molecule has 3 nitrogen and oxygen atoms in total. The molecule has 3 heteroatoms. The third kappa shape index (κ3) is 5.25. The highest BCUT2D eigenvalue weighted by Gasteiger charge is 2.22. The lowest BCUT2D eigenvalue weighted by Crippen LogP contribution is -2.38. The van der Waals surface area contributed by atoms with Gasteiger partial charge < -0.3 is 15.7 Å². The summed E-state index contributed by atoms with van der Waals surface area (Å²) >= 11 is 0. The predicted molar refractivity (Wildman–Crippen MR) is 77.6 cm³/mol. The summed E-state index contributed by atoms with van der Waals surface area (Å²) in [7, 11) is 0. The van der Waals surface area contributed by atoms with E-state index in [1.54, 1.807) is 0 Å². The van der Waals surface area contributed by atoms with Gasteiger partial charge in [0.15, 0.2) is 0 Å². The second kappa shape index (κ2) is 8.13. The molecule has 0 aromatic rings. The minimum Gasteiger partial charge on any atom is -0.389 e. The minimum absolute atomic E-state index is 0.390. The van der Waals surface area contributed by atoms with Crippen molar-refractivity contribution in [2.24, 2.45) is 11.7 Å². The Kier molecular flexibility index (Phi) is 7.20. The Labute approximate surface area is 113 Å². The van der Waals surface area contributed by atoms with Crippen LogP contribution in [0.25, 0.3) is 0 Å². The second-order valence-corrected chi connectivity index (χ2v) is 5.93. The van der Waals surface area contributed by atoms with Crippen molar-refractivity contribution in [3.05, 3.63) is 0 Å². The summed E-state index contributed by atoms with van der Waals surface area (Å²) in [4.78, 5) is 2.57. The first-order valence-corrected chi connectivity index (χ1v) is 7.78. The third-order valence-corrected chi connectivity index (χ3v) is 4.67. The second-order valence-electron chi connectivity index (χ2n) is 5.93. The maximum atomic E-state index is 10.2. The molecule has 0 radical (unpaired) electrons. The quantitative estimate of drug-likeness (QED) is 0.735. The molecule has 1 aliphatic rings. The molecule has 2 atom stereocenters. The number of nitrogens with zero attached hydrogens (tertiary/aromatic N) is 1. The zero-order chi connectivity index (χ0) is 13.4. The van der Waals surface area contributed by atoms with Crippen molar-refractivity contribution in [2.75, 3.05) is 26.2 Å².